The van der Waals surface area contributed by atoms with Gasteiger partial charge in [-0.05, 0) is 31.8 Å². The van der Waals surface area contributed by atoms with E-state index < -0.39 is 10.2 Å². The van der Waals surface area contributed by atoms with Crippen molar-refractivity contribution in [1.82, 2.24) is 13.9 Å². The molecule has 0 atom stereocenters. The van der Waals surface area contributed by atoms with Crippen LogP contribution in [-0.4, -0.2) is 56.8 Å². The molecule has 19 heavy (non-hydrogen) atoms. The summed E-state index contributed by atoms with van der Waals surface area (Å²) in [6, 6.07) is 0. The first-order valence-electron chi connectivity index (χ1n) is 7.28. The van der Waals surface area contributed by atoms with Gasteiger partial charge < -0.3 is 5.32 Å². The molecule has 6 heteroatoms. The van der Waals surface area contributed by atoms with Crippen LogP contribution in [0.25, 0.3) is 0 Å². The van der Waals surface area contributed by atoms with Crippen molar-refractivity contribution >= 4 is 10.2 Å². The molecule has 0 fully saturated rings. The Morgan fingerprint density at radius 1 is 1.16 bits per heavy atom. The van der Waals surface area contributed by atoms with E-state index in [1.54, 1.807) is 11.4 Å². The fourth-order valence-corrected chi connectivity index (χ4v) is 3.40. The fraction of sp³-hybridized carbons (Fsp3) is 1.00. The highest BCUT2D eigenvalue weighted by atomic mass is 32.2. The van der Waals surface area contributed by atoms with Crippen molar-refractivity contribution in [2.45, 2.75) is 40.5 Å². The molecule has 0 bridgehead atoms. The number of nitrogens with zero attached hydrogens (tertiary/aromatic N) is 2. The minimum atomic E-state index is -3.30. The number of hydrogen-bond acceptors (Lipinski definition) is 3. The predicted octanol–water partition coefficient (Wildman–Crippen LogP) is 1.53. The second-order valence-corrected chi connectivity index (χ2v) is 7.31. The molecule has 0 aliphatic carbocycles. The SMILES string of the molecule is CCCNCCCN(C)S(=O)(=O)N(CC)CC(C)C. The zero-order valence-corrected chi connectivity index (χ0v) is 14.0. The summed E-state index contributed by atoms with van der Waals surface area (Å²) in [5, 5.41) is 3.28. The van der Waals surface area contributed by atoms with Gasteiger partial charge in [-0.1, -0.05) is 27.7 Å². The van der Waals surface area contributed by atoms with Crippen LogP contribution in [0, 0.1) is 5.92 Å². The largest absolute Gasteiger partial charge is 0.317 e. The highest BCUT2D eigenvalue weighted by Crippen LogP contribution is 2.09. The van der Waals surface area contributed by atoms with Gasteiger partial charge in [-0.15, -0.1) is 0 Å². The first-order valence-corrected chi connectivity index (χ1v) is 8.68. The summed E-state index contributed by atoms with van der Waals surface area (Å²) in [6.07, 6.45) is 1.95. The average Bonchev–Trinajstić information content (AvgIpc) is 2.34. The number of rotatable bonds is 11. The Labute approximate surface area is 119 Å². The molecule has 1 N–H and O–H groups in total. The summed E-state index contributed by atoms with van der Waals surface area (Å²) in [5.74, 6) is 0.342. The third-order valence-corrected chi connectivity index (χ3v) is 4.93. The summed E-state index contributed by atoms with van der Waals surface area (Å²) in [6.45, 7) is 11.6. The smallest absolute Gasteiger partial charge is 0.281 e. The predicted molar refractivity (Wildman–Crippen MR) is 81.4 cm³/mol. The fourth-order valence-electron chi connectivity index (χ4n) is 1.83. The summed E-state index contributed by atoms with van der Waals surface area (Å²) in [5.41, 5.74) is 0. The monoisotopic (exact) mass is 293 g/mol. The van der Waals surface area contributed by atoms with Gasteiger partial charge in [0.05, 0.1) is 0 Å². The normalized spacial score (nSPS) is 12.8. The minimum absolute atomic E-state index is 0.342. The Balaban J connectivity index is 4.28. The number of nitrogens with one attached hydrogen (secondary N) is 1. The van der Waals surface area contributed by atoms with E-state index in [1.807, 2.05) is 20.8 Å². The van der Waals surface area contributed by atoms with Crippen LogP contribution in [0.4, 0.5) is 0 Å². The zero-order valence-electron chi connectivity index (χ0n) is 13.1. The van der Waals surface area contributed by atoms with Gasteiger partial charge in [0.15, 0.2) is 0 Å². The minimum Gasteiger partial charge on any atom is -0.317 e. The molecule has 116 valence electrons. The molecule has 0 unspecified atom stereocenters. The molecule has 0 saturated heterocycles. The summed E-state index contributed by atoms with van der Waals surface area (Å²) in [4.78, 5) is 0. The molecule has 5 nitrogen and oxygen atoms in total. The Morgan fingerprint density at radius 3 is 2.26 bits per heavy atom. The van der Waals surface area contributed by atoms with E-state index in [2.05, 4.69) is 12.2 Å². The molecule has 0 rings (SSSR count). The highest BCUT2D eigenvalue weighted by molar-refractivity contribution is 7.86. The first kappa shape index (κ1) is 18.8. The van der Waals surface area contributed by atoms with Crippen LogP contribution in [0.1, 0.15) is 40.5 Å². The summed E-state index contributed by atoms with van der Waals surface area (Å²) in [7, 11) is -1.64. The van der Waals surface area contributed by atoms with Crippen molar-refractivity contribution < 1.29 is 8.42 Å². The van der Waals surface area contributed by atoms with E-state index in [4.69, 9.17) is 0 Å². The van der Waals surface area contributed by atoms with Crippen LogP contribution in [0.2, 0.25) is 0 Å². The summed E-state index contributed by atoms with van der Waals surface area (Å²) >= 11 is 0. The van der Waals surface area contributed by atoms with Crippen LogP contribution >= 0.6 is 0 Å². The van der Waals surface area contributed by atoms with Crippen LogP contribution in [0.5, 0.6) is 0 Å². The number of hydrogen-bond donors (Lipinski definition) is 1. The van der Waals surface area contributed by atoms with Crippen LogP contribution in [-0.2, 0) is 10.2 Å². The van der Waals surface area contributed by atoms with Gasteiger partial charge in [-0.3, -0.25) is 0 Å². The lowest BCUT2D eigenvalue weighted by Crippen LogP contribution is -2.44. The Hall–Kier alpha value is -0.170. The van der Waals surface area contributed by atoms with Crippen molar-refractivity contribution in [1.29, 1.82) is 0 Å². The molecule has 0 saturated carbocycles. The third-order valence-electron chi connectivity index (χ3n) is 2.89. The summed E-state index contributed by atoms with van der Waals surface area (Å²) < 4.78 is 27.7. The highest BCUT2D eigenvalue weighted by Gasteiger charge is 2.25. The van der Waals surface area contributed by atoms with Gasteiger partial charge in [-0.25, -0.2) is 0 Å². The van der Waals surface area contributed by atoms with E-state index in [9.17, 15) is 8.42 Å². The van der Waals surface area contributed by atoms with Crippen LogP contribution < -0.4 is 5.32 Å². The average molecular weight is 293 g/mol. The van der Waals surface area contributed by atoms with Gasteiger partial charge >= 0.3 is 0 Å². The van der Waals surface area contributed by atoms with Crippen molar-refractivity contribution in [2.24, 2.45) is 5.92 Å². The van der Waals surface area contributed by atoms with Gasteiger partial charge in [0.2, 0.25) is 0 Å². The maximum absolute atomic E-state index is 12.3. The molecular weight excluding hydrogens is 262 g/mol. The lowest BCUT2D eigenvalue weighted by atomic mass is 10.2. The second kappa shape index (κ2) is 9.69. The van der Waals surface area contributed by atoms with Crippen molar-refractivity contribution in [2.75, 3.05) is 39.8 Å². The third kappa shape index (κ3) is 7.25. The lowest BCUT2D eigenvalue weighted by molar-refractivity contribution is 0.338. The molecule has 0 aliphatic rings. The Morgan fingerprint density at radius 2 is 1.79 bits per heavy atom. The quantitative estimate of drug-likeness (QED) is 0.588. The maximum Gasteiger partial charge on any atom is 0.281 e. The standard InChI is InChI=1S/C13H31N3O2S/c1-6-9-14-10-8-11-15(5)19(17,18)16(7-2)12-13(3)4/h13-14H,6-12H2,1-5H3. The molecule has 0 spiro atoms. The maximum atomic E-state index is 12.3. The van der Waals surface area contributed by atoms with E-state index >= 15 is 0 Å². The van der Waals surface area contributed by atoms with Gasteiger partial charge in [-0.2, -0.15) is 17.0 Å². The molecule has 0 heterocycles. The molecule has 0 aliphatic heterocycles. The lowest BCUT2D eigenvalue weighted by Gasteiger charge is -2.27. The van der Waals surface area contributed by atoms with Gasteiger partial charge in [0.25, 0.3) is 10.2 Å². The van der Waals surface area contributed by atoms with Crippen LogP contribution in [0.15, 0.2) is 0 Å². The Bertz CT molecular complexity index is 318. The molecule has 0 amide bonds. The molecule has 0 radical (unpaired) electrons. The molecular formula is C13H31N3O2S. The second-order valence-electron chi connectivity index (χ2n) is 5.28. The van der Waals surface area contributed by atoms with E-state index in [-0.39, 0.29) is 0 Å². The Kier molecular flexibility index (Phi) is 9.60. The first-order chi connectivity index (χ1) is 8.86. The van der Waals surface area contributed by atoms with Gasteiger partial charge in [0, 0.05) is 26.7 Å². The molecule has 0 aromatic carbocycles. The van der Waals surface area contributed by atoms with Gasteiger partial charge in [0.1, 0.15) is 0 Å². The van der Waals surface area contributed by atoms with Crippen molar-refractivity contribution in [3.05, 3.63) is 0 Å². The zero-order chi connectivity index (χ0) is 14.9. The molecule has 0 aromatic heterocycles. The topological polar surface area (TPSA) is 52.7 Å². The van der Waals surface area contributed by atoms with Crippen molar-refractivity contribution in [3.63, 3.8) is 0 Å². The van der Waals surface area contributed by atoms with Crippen LogP contribution in [0.3, 0.4) is 0 Å². The van der Waals surface area contributed by atoms with E-state index in [0.717, 1.165) is 25.9 Å². The van der Waals surface area contributed by atoms with E-state index in [1.165, 1.54) is 4.31 Å². The van der Waals surface area contributed by atoms with Crippen molar-refractivity contribution in [3.8, 4) is 0 Å². The van der Waals surface area contributed by atoms with E-state index in [0.29, 0.717) is 25.6 Å². The molecule has 0 aromatic rings.